The summed E-state index contributed by atoms with van der Waals surface area (Å²) in [6.07, 6.45) is 5.24. The molecule has 0 fully saturated rings. The third kappa shape index (κ3) is 3.37. The summed E-state index contributed by atoms with van der Waals surface area (Å²) >= 11 is 0. The molecule has 0 amide bonds. The third-order valence-corrected chi connectivity index (χ3v) is 3.65. The van der Waals surface area contributed by atoms with Crippen LogP contribution in [0.15, 0.2) is 36.8 Å². The maximum absolute atomic E-state index is 11.0. The molecule has 4 nitrogen and oxygen atoms in total. The predicted octanol–water partition coefficient (Wildman–Crippen LogP) is 2.02. The number of hydrogen-bond donors (Lipinski definition) is 1. The number of likely N-dealkylation sites (N-methyl/N-ethyl adjacent to an activating group) is 1. The van der Waals surface area contributed by atoms with E-state index in [9.17, 15) is 4.79 Å². The summed E-state index contributed by atoms with van der Waals surface area (Å²) in [5.41, 5.74) is 3.58. The molecule has 0 aliphatic heterocycles. The second kappa shape index (κ2) is 6.41. The molecule has 0 unspecified atom stereocenters. The SMILES string of the molecule is CN(CCc1cnc[nH]1)C(=P)c1ccccc1C=O. The summed E-state index contributed by atoms with van der Waals surface area (Å²) in [6, 6.07) is 7.52. The first kappa shape index (κ1) is 13.7. The van der Waals surface area contributed by atoms with E-state index in [-0.39, 0.29) is 0 Å². The lowest BCUT2D eigenvalue weighted by atomic mass is 10.1. The van der Waals surface area contributed by atoms with Gasteiger partial charge in [-0.15, -0.1) is 8.86 Å². The highest BCUT2D eigenvalue weighted by atomic mass is 31.0. The Kier molecular flexibility index (Phi) is 4.61. The van der Waals surface area contributed by atoms with Crippen LogP contribution < -0.4 is 0 Å². The quantitative estimate of drug-likeness (QED) is 0.647. The van der Waals surface area contributed by atoms with Gasteiger partial charge in [0.2, 0.25) is 0 Å². The van der Waals surface area contributed by atoms with Gasteiger partial charge >= 0.3 is 0 Å². The van der Waals surface area contributed by atoms with Crippen molar-refractivity contribution < 1.29 is 4.79 Å². The molecule has 1 aromatic heterocycles. The van der Waals surface area contributed by atoms with E-state index in [1.807, 2.05) is 37.5 Å². The van der Waals surface area contributed by atoms with Crippen LogP contribution >= 0.6 is 8.86 Å². The lowest BCUT2D eigenvalue weighted by Gasteiger charge is -2.19. The predicted molar refractivity (Wildman–Crippen MR) is 79.2 cm³/mol. The number of benzene rings is 1. The summed E-state index contributed by atoms with van der Waals surface area (Å²) in [5.74, 6) is 0. The molecule has 2 aromatic rings. The monoisotopic (exact) mass is 273 g/mol. The van der Waals surface area contributed by atoms with Crippen molar-refractivity contribution in [3.05, 3.63) is 53.6 Å². The van der Waals surface area contributed by atoms with E-state index in [2.05, 4.69) is 23.7 Å². The molecule has 5 heteroatoms. The van der Waals surface area contributed by atoms with Gasteiger partial charge in [0.05, 0.1) is 6.33 Å². The van der Waals surface area contributed by atoms with Crippen LogP contribution in [0.25, 0.3) is 0 Å². The van der Waals surface area contributed by atoms with E-state index in [1.54, 1.807) is 6.33 Å². The third-order valence-electron chi connectivity index (χ3n) is 3.00. The van der Waals surface area contributed by atoms with E-state index < -0.39 is 0 Å². The first-order valence-electron chi connectivity index (χ1n) is 6.04. The van der Waals surface area contributed by atoms with Gasteiger partial charge in [0, 0.05) is 41.4 Å². The Morgan fingerprint density at radius 1 is 1.47 bits per heavy atom. The molecule has 98 valence electrons. The Morgan fingerprint density at radius 2 is 2.26 bits per heavy atom. The van der Waals surface area contributed by atoms with Crippen molar-refractivity contribution in [3.8, 4) is 0 Å². The number of carbonyl (C=O) groups excluding carboxylic acids is 1. The van der Waals surface area contributed by atoms with Crippen molar-refractivity contribution in [1.82, 2.24) is 14.9 Å². The highest BCUT2D eigenvalue weighted by Gasteiger charge is 2.10. The van der Waals surface area contributed by atoms with E-state index in [1.165, 1.54) is 0 Å². The lowest BCUT2D eigenvalue weighted by Crippen LogP contribution is -2.28. The van der Waals surface area contributed by atoms with Gasteiger partial charge in [0.1, 0.15) is 0 Å². The highest BCUT2D eigenvalue weighted by Crippen LogP contribution is 2.11. The van der Waals surface area contributed by atoms with Crippen LogP contribution in [0, 0.1) is 0 Å². The average Bonchev–Trinajstić information content (AvgIpc) is 2.97. The first-order chi connectivity index (χ1) is 9.22. The summed E-state index contributed by atoms with van der Waals surface area (Å²) in [5, 5.41) is 0. The minimum atomic E-state index is 0.681. The topological polar surface area (TPSA) is 49.0 Å². The molecule has 0 aliphatic carbocycles. The number of hydrogen-bond acceptors (Lipinski definition) is 2. The number of imidazole rings is 1. The van der Waals surface area contributed by atoms with Crippen molar-refractivity contribution in [1.29, 1.82) is 0 Å². The highest BCUT2D eigenvalue weighted by molar-refractivity contribution is 7.21. The fourth-order valence-corrected chi connectivity index (χ4v) is 2.18. The largest absolute Gasteiger partial charge is 0.348 e. The van der Waals surface area contributed by atoms with Crippen molar-refractivity contribution in [2.45, 2.75) is 6.42 Å². The molecule has 0 spiro atoms. The first-order valence-corrected chi connectivity index (χ1v) is 6.54. The molecule has 1 heterocycles. The number of aromatic nitrogens is 2. The number of nitrogens with zero attached hydrogens (tertiary/aromatic N) is 2. The van der Waals surface area contributed by atoms with E-state index >= 15 is 0 Å². The molecule has 0 atom stereocenters. The van der Waals surface area contributed by atoms with Crippen LogP contribution in [0.1, 0.15) is 21.6 Å². The molecular formula is C14H16N3OP. The summed E-state index contributed by atoms with van der Waals surface area (Å²) < 4.78 is 0. The summed E-state index contributed by atoms with van der Waals surface area (Å²) in [7, 11) is 5.61. The number of carbonyl (C=O) groups is 1. The molecule has 0 saturated heterocycles. The standard InChI is InChI=1S/C14H16N3OP/c1-17(7-6-12-8-15-10-16-12)14(19)13-5-3-2-4-11(13)9-18/h2-5,8-10,19H,6-7H2,1H3,(H,15,16). The maximum Gasteiger partial charge on any atom is 0.150 e. The van der Waals surface area contributed by atoms with Crippen LogP contribution in [0.5, 0.6) is 0 Å². The van der Waals surface area contributed by atoms with Crippen LogP contribution in [0.2, 0.25) is 0 Å². The smallest absolute Gasteiger partial charge is 0.150 e. The number of rotatable bonds is 6. The molecule has 0 bridgehead atoms. The van der Waals surface area contributed by atoms with Gasteiger partial charge in [0.15, 0.2) is 6.29 Å². The van der Waals surface area contributed by atoms with Gasteiger partial charge < -0.3 is 4.98 Å². The fourth-order valence-electron chi connectivity index (χ4n) is 1.84. The zero-order valence-corrected chi connectivity index (χ0v) is 11.8. The zero-order valence-electron chi connectivity index (χ0n) is 10.8. The van der Waals surface area contributed by atoms with Crippen LogP contribution in [-0.2, 0) is 6.42 Å². The fraction of sp³-hybridized carbons (Fsp3) is 0.214. The van der Waals surface area contributed by atoms with Gasteiger partial charge in [-0.1, -0.05) is 24.3 Å². The minimum absolute atomic E-state index is 0.681. The number of aldehydes is 1. The minimum Gasteiger partial charge on any atom is -0.348 e. The average molecular weight is 273 g/mol. The van der Waals surface area contributed by atoms with Gasteiger partial charge in [0.25, 0.3) is 0 Å². The van der Waals surface area contributed by atoms with Gasteiger partial charge in [-0.05, 0) is 7.05 Å². The Labute approximate surface area is 114 Å². The zero-order chi connectivity index (χ0) is 13.7. The summed E-state index contributed by atoms with van der Waals surface area (Å²) in [4.78, 5) is 20.2. The van der Waals surface area contributed by atoms with Crippen molar-refractivity contribution in [2.75, 3.05) is 13.6 Å². The van der Waals surface area contributed by atoms with E-state index in [4.69, 9.17) is 0 Å². The Balaban J connectivity index is 2.04. The lowest BCUT2D eigenvalue weighted by molar-refractivity contribution is 0.112. The Morgan fingerprint density at radius 3 is 2.95 bits per heavy atom. The molecule has 0 radical (unpaired) electrons. The molecule has 2 rings (SSSR count). The number of aromatic amines is 1. The van der Waals surface area contributed by atoms with Crippen LogP contribution in [0.4, 0.5) is 0 Å². The summed E-state index contributed by atoms with van der Waals surface area (Å²) in [6.45, 7) is 0.828. The molecule has 0 aliphatic rings. The second-order valence-electron chi connectivity index (χ2n) is 4.30. The van der Waals surface area contributed by atoms with E-state index in [0.29, 0.717) is 5.56 Å². The van der Waals surface area contributed by atoms with Crippen LogP contribution in [-0.4, -0.2) is 40.2 Å². The number of nitrogens with one attached hydrogen (secondary N) is 1. The van der Waals surface area contributed by atoms with Crippen molar-refractivity contribution in [2.24, 2.45) is 0 Å². The molecule has 19 heavy (non-hydrogen) atoms. The molecule has 1 aromatic carbocycles. The second-order valence-corrected chi connectivity index (χ2v) is 4.78. The van der Waals surface area contributed by atoms with Crippen molar-refractivity contribution in [3.63, 3.8) is 0 Å². The molecule has 0 saturated carbocycles. The number of H-pyrrole nitrogens is 1. The Bertz CT molecular complexity index is 566. The molecular weight excluding hydrogens is 257 g/mol. The maximum atomic E-state index is 11.0. The van der Waals surface area contributed by atoms with Gasteiger partial charge in [-0.3, -0.25) is 9.69 Å². The van der Waals surface area contributed by atoms with E-state index in [0.717, 1.165) is 35.9 Å². The van der Waals surface area contributed by atoms with Gasteiger partial charge in [-0.2, -0.15) is 0 Å². The Hall–Kier alpha value is -1.77. The van der Waals surface area contributed by atoms with Crippen molar-refractivity contribution >= 4 is 20.6 Å². The molecule has 1 N–H and O–H groups in total. The van der Waals surface area contributed by atoms with Crippen LogP contribution in [0.3, 0.4) is 0 Å². The normalized spacial score (nSPS) is 10.6. The van der Waals surface area contributed by atoms with Gasteiger partial charge in [-0.25, -0.2) is 4.98 Å².